The van der Waals surface area contributed by atoms with E-state index in [0.717, 1.165) is 49.4 Å². The third-order valence-electron chi connectivity index (χ3n) is 5.96. The minimum absolute atomic E-state index is 0.503. The molecule has 1 aliphatic carbocycles. The molecule has 3 aliphatic rings. The Labute approximate surface area is 146 Å². The van der Waals surface area contributed by atoms with Gasteiger partial charge in [-0.2, -0.15) is 0 Å². The molecular weight excluding hydrogens is 320 g/mol. The van der Waals surface area contributed by atoms with Gasteiger partial charge in [0.1, 0.15) is 17.0 Å². The maximum Gasteiger partial charge on any atom is 0.141 e. The molecule has 2 saturated heterocycles. The van der Waals surface area contributed by atoms with Crippen LogP contribution in [-0.2, 0) is 4.74 Å². The second kappa shape index (κ2) is 5.64. The molecule has 5 nitrogen and oxygen atoms in total. The van der Waals surface area contributed by atoms with Gasteiger partial charge in [-0.25, -0.2) is 9.97 Å². The predicted molar refractivity (Wildman–Crippen MR) is 96.9 cm³/mol. The van der Waals surface area contributed by atoms with E-state index in [1.165, 1.54) is 28.7 Å². The Hall–Kier alpha value is -1.24. The number of piperazine rings is 1. The van der Waals surface area contributed by atoms with Crippen LogP contribution in [-0.4, -0.2) is 59.8 Å². The zero-order valence-corrected chi connectivity index (χ0v) is 15.2. The van der Waals surface area contributed by atoms with Gasteiger partial charge < -0.3 is 9.64 Å². The van der Waals surface area contributed by atoms with Crippen LogP contribution in [0.2, 0.25) is 0 Å². The number of anilines is 1. The zero-order valence-electron chi connectivity index (χ0n) is 14.4. The van der Waals surface area contributed by atoms with Crippen molar-refractivity contribution in [3.63, 3.8) is 0 Å². The Morgan fingerprint density at radius 2 is 2.04 bits per heavy atom. The monoisotopic (exact) mass is 344 g/mol. The van der Waals surface area contributed by atoms with Gasteiger partial charge in [0.15, 0.2) is 0 Å². The van der Waals surface area contributed by atoms with Crippen molar-refractivity contribution < 1.29 is 4.74 Å². The average molecular weight is 344 g/mol. The van der Waals surface area contributed by atoms with Crippen molar-refractivity contribution in [2.24, 2.45) is 5.92 Å². The predicted octanol–water partition coefficient (Wildman–Crippen LogP) is 2.61. The third-order valence-corrected chi connectivity index (χ3v) is 7.08. The van der Waals surface area contributed by atoms with Gasteiger partial charge in [-0.1, -0.05) is 0 Å². The first-order valence-corrected chi connectivity index (χ1v) is 9.83. The second-order valence-corrected chi connectivity index (χ2v) is 8.64. The van der Waals surface area contributed by atoms with Gasteiger partial charge in [-0.05, 0) is 38.2 Å². The van der Waals surface area contributed by atoms with Gasteiger partial charge in [-0.15, -0.1) is 11.3 Å². The maximum absolute atomic E-state index is 5.95. The lowest BCUT2D eigenvalue weighted by molar-refractivity contribution is -0.0603. The largest absolute Gasteiger partial charge is 0.378 e. The molecule has 6 heteroatoms. The Morgan fingerprint density at radius 1 is 1.17 bits per heavy atom. The molecule has 0 unspecified atom stereocenters. The standard InChI is InChI=1S/C18H24N4OS/c1-11-12(2)24-18-16(11)17(19-10-20-18)21-5-6-22-14(7-21)8-23-9-15(22)13-3-4-13/h10,13-15H,3-9H2,1-2H3/t14-,15-/m1/s1. The zero-order chi connectivity index (χ0) is 16.3. The number of aromatic nitrogens is 2. The fourth-order valence-electron chi connectivity index (χ4n) is 4.36. The van der Waals surface area contributed by atoms with Crippen LogP contribution in [0.25, 0.3) is 10.2 Å². The number of nitrogens with zero attached hydrogens (tertiary/aromatic N) is 4. The summed E-state index contributed by atoms with van der Waals surface area (Å²) in [6.45, 7) is 9.37. The van der Waals surface area contributed by atoms with Crippen LogP contribution in [0.3, 0.4) is 0 Å². The summed E-state index contributed by atoms with van der Waals surface area (Å²) in [6, 6.07) is 1.16. The normalized spacial score (nSPS) is 28.3. The summed E-state index contributed by atoms with van der Waals surface area (Å²) in [5.41, 5.74) is 1.34. The van der Waals surface area contributed by atoms with Crippen LogP contribution in [0.5, 0.6) is 0 Å². The molecule has 0 radical (unpaired) electrons. The topological polar surface area (TPSA) is 41.5 Å². The molecular formula is C18H24N4OS. The van der Waals surface area contributed by atoms with E-state index in [9.17, 15) is 0 Å². The molecule has 2 aliphatic heterocycles. The Bertz CT molecular complexity index is 772. The van der Waals surface area contributed by atoms with E-state index in [4.69, 9.17) is 4.74 Å². The summed E-state index contributed by atoms with van der Waals surface area (Å²) in [6.07, 6.45) is 4.51. The number of fused-ring (bicyclic) bond motifs is 2. The van der Waals surface area contributed by atoms with Crippen molar-refractivity contribution in [2.45, 2.75) is 38.8 Å². The first-order chi connectivity index (χ1) is 11.7. The van der Waals surface area contributed by atoms with Gasteiger partial charge in [0.2, 0.25) is 0 Å². The van der Waals surface area contributed by atoms with E-state index >= 15 is 0 Å². The number of thiophene rings is 1. The van der Waals surface area contributed by atoms with E-state index in [1.54, 1.807) is 17.7 Å². The lowest BCUT2D eigenvalue weighted by Gasteiger charge is -2.48. The lowest BCUT2D eigenvalue weighted by atomic mass is 10.0. The van der Waals surface area contributed by atoms with Crippen molar-refractivity contribution >= 4 is 27.4 Å². The molecule has 5 rings (SSSR count). The summed E-state index contributed by atoms with van der Waals surface area (Å²) in [5, 5.41) is 1.25. The van der Waals surface area contributed by atoms with E-state index in [1.807, 2.05) is 0 Å². The number of ether oxygens (including phenoxy) is 1. The molecule has 0 amide bonds. The molecule has 4 heterocycles. The van der Waals surface area contributed by atoms with Gasteiger partial charge in [0, 0.05) is 30.6 Å². The Morgan fingerprint density at radius 3 is 2.88 bits per heavy atom. The van der Waals surface area contributed by atoms with E-state index in [-0.39, 0.29) is 0 Å². The van der Waals surface area contributed by atoms with Crippen LogP contribution in [0.4, 0.5) is 5.82 Å². The molecule has 24 heavy (non-hydrogen) atoms. The first-order valence-electron chi connectivity index (χ1n) is 9.01. The fourth-order valence-corrected chi connectivity index (χ4v) is 5.35. The summed E-state index contributed by atoms with van der Waals surface area (Å²) in [5.74, 6) is 2.00. The average Bonchev–Trinajstić information content (AvgIpc) is 3.40. The smallest absolute Gasteiger partial charge is 0.141 e. The summed E-state index contributed by atoms with van der Waals surface area (Å²) < 4.78 is 5.95. The van der Waals surface area contributed by atoms with E-state index in [2.05, 4.69) is 33.6 Å². The maximum atomic E-state index is 5.95. The Kier molecular flexibility index (Phi) is 3.54. The molecule has 0 spiro atoms. The summed E-state index contributed by atoms with van der Waals surface area (Å²) in [4.78, 5) is 16.8. The molecule has 0 bridgehead atoms. The minimum atomic E-state index is 0.503. The van der Waals surface area contributed by atoms with Crippen molar-refractivity contribution in [3.8, 4) is 0 Å². The molecule has 2 aromatic heterocycles. The summed E-state index contributed by atoms with van der Waals surface area (Å²) in [7, 11) is 0. The second-order valence-electron chi connectivity index (χ2n) is 7.44. The molecule has 0 aromatic carbocycles. The van der Waals surface area contributed by atoms with Crippen molar-refractivity contribution in [2.75, 3.05) is 37.7 Å². The van der Waals surface area contributed by atoms with Gasteiger partial charge in [-0.3, -0.25) is 4.90 Å². The number of hydrogen-bond acceptors (Lipinski definition) is 6. The van der Waals surface area contributed by atoms with E-state index in [0.29, 0.717) is 12.1 Å². The van der Waals surface area contributed by atoms with Crippen LogP contribution in [0.15, 0.2) is 6.33 Å². The number of aryl methyl sites for hydroxylation is 2. The molecule has 2 atom stereocenters. The van der Waals surface area contributed by atoms with Crippen LogP contribution in [0, 0.1) is 19.8 Å². The Balaban J connectivity index is 1.45. The first kappa shape index (κ1) is 15.0. The van der Waals surface area contributed by atoms with Crippen LogP contribution < -0.4 is 4.90 Å². The highest BCUT2D eigenvalue weighted by Gasteiger charge is 2.43. The highest BCUT2D eigenvalue weighted by molar-refractivity contribution is 7.18. The SMILES string of the molecule is Cc1sc2ncnc(N3CCN4[C@@H](COC[C@@H]4C4CC4)C3)c2c1C. The number of rotatable bonds is 2. The van der Waals surface area contributed by atoms with Crippen LogP contribution in [0.1, 0.15) is 23.3 Å². The minimum Gasteiger partial charge on any atom is -0.378 e. The lowest BCUT2D eigenvalue weighted by Crippen LogP contribution is -2.62. The molecule has 128 valence electrons. The van der Waals surface area contributed by atoms with Crippen molar-refractivity contribution in [3.05, 3.63) is 16.8 Å². The molecule has 1 saturated carbocycles. The van der Waals surface area contributed by atoms with Crippen molar-refractivity contribution in [1.29, 1.82) is 0 Å². The van der Waals surface area contributed by atoms with Gasteiger partial charge >= 0.3 is 0 Å². The third kappa shape index (κ3) is 2.35. The van der Waals surface area contributed by atoms with Gasteiger partial charge in [0.25, 0.3) is 0 Å². The van der Waals surface area contributed by atoms with Crippen molar-refractivity contribution in [1.82, 2.24) is 14.9 Å². The van der Waals surface area contributed by atoms with Crippen LogP contribution >= 0.6 is 11.3 Å². The van der Waals surface area contributed by atoms with E-state index < -0.39 is 0 Å². The molecule has 3 fully saturated rings. The highest BCUT2D eigenvalue weighted by atomic mass is 32.1. The number of morpholine rings is 1. The summed E-state index contributed by atoms with van der Waals surface area (Å²) >= 11 is 1.78. The quantitative estimate of drug-likeness (QED) is 0.838. The number of hydrogen-bond donors (Lipinski definition) is 0. The molecule has 2 aromatic rings. The molecule has 0 N–H and O–H groups in total. The van der Waals surface area contributed by atoms with Gasteiger partial charge in [0.05, 0.1) is 24.6 Å². The fraction of sp³-hybridized carbons (Fsp3) is 0.667. The highest BCUT2D eigenvalue weighted by Crippen LogP contribution is 2.39.